The minimum Gasteiger partial charge on any atom is -0.334 e. The molecule has 1 aliphatic rings. The molecule has 0 saturated heterocycles. The highest BCUT2D eigenvalue weighted by atomic mass is 32.2. The molecule has 0 unspecified atom stereocenters. The molecule has 0 aliphatic carbocycles. The van der Waals surface area contributed by atoms with Gasteiger partial charge in [-0.1, -0.05) is 60.7 Å². The summed E-state index contributed by atoms with van der Waals surface area (Å²) in [6.45, 7) is 0.485. The molecule has 3 aromatic rings. The second kappa shape index (κ2) is 9.43. The molecule has 9 heteroatoms. The number of sulfone groups is 1. The summed E-state index contributed by atoms with van der Waals surface area (Å²) in [4.78, 5) is 26.8. The fourth-order valence-electron chi connectivity index (χ4n) is 3.67. The van der Waals surface area contributed by atoms with Gasteiger partial charge in [0.2, 0.25) is 5.91 Å². The van der Waals surface area contributed by atoms with Gasteiger partial charge in [0.15, 0.2) is 9.84 Å². The van der Waals surface area contributed by atoms with Gasteiger partial charge in [-0.25, -0.2) is 13.2 Å². The summed E-state index contributed by atoms with van der Waals surface area (Å²) in [6, 6.07) is 21.4. The van der Waals surface area contributed by atoms with Crippen molar-refractivity contribution >= 4 is 33.2 Å². The quantitative estimate of drug-likeness (QED) is 0.536. The normalized spacial score (nSPS) is 17.1. The highest BCUT2D eigenvalue weighted by Crippen LogP contribution is 2.33. The van der Waals surface area contributed by atoms with Crippen LogP contribution in [-0.2, 0) is 27.7 Å². The Hall–Kier alpha value is -3.69. The predicted molar refractivity (Wildman–Crippen MR) is 126 cm³/mol. The van der Waals surface area contributed by atoms with E-state index in [1.54, 1.807) is 0 Å². The fourth-order valence-corrected chi connectivity index (χ4v) is 5.23. The number of rotatable bonds is 5. The zero-order valence-corrected chi connectivity index (χ0v) is 18.6. The minimum atomic E-state index is -3.79. The van der Waals surface area contributed by atoms with E-state index in [0.717, 1.165) is 11.1 Å². The third-order valence-corrected chi connectivity index (χ3v) is 7.12. The van der Waals surface area contributed by atoms with Crippen LogP contribution in [-0.4, -0.2) is 32.2 Å². The van der Waals surface area contributed by atoms with E-state index in [4.69, 9.17) is 5.73 Å². The molecule has 1 atom stereocenters. The van der Waals surface area contributed by atoms with E-state index in [2.05, 4.69) is 10.6 Å². The van der Waals surface area contributed by atoms with Gasteiger partial charge >= 0.3 is 6.03 Å². The van der Waals surface area contributed by atoms with Crippen molar-refractivity contribution in [3.63, 3.8) is 0 Å². The van der Waals surface area contributed by atoms with Crippen LogP contribution in [0.1, 0.15) is 11.1 Å². The zero-order chi connectivity index (χ0) is 23.4. The number of nitrogens with zero attached hydrogens (tertiary/aromatic N) is 1. The summed E-state index contributed by atoms with van der Waals surface area (Å²) in [5.41, 5.74) is 8.25. The lowest BCUT2D eigenvalue weighted by Crippen LogP contribution is -2.45. The molecule has 8 nitrogen and oxygen atoms in total. The van der Waals surface area contributed by atoms with E-state index in [1.807, 2.05) is 60.7 Å². The van der Waals surface area contributed by atoms with E-state index in [9.17, 15) is 18.0 Å². The van der Waals surface area contributed by atoms with E-state index in [-0.39, 0.29) is 17.1 Å². The van der Waals surface area contributed by atoms with Crippen LogP contribution >= 0.6 is 0 Å². The lowest BCUT2D eigenvalue weighted by molar-refractivity contribution is -0.119. The Kier molecular flexibility index (Phi) is 6.43. The van der Waals surface area contributed by atoms with Crippen LogP contribution in [0.4, 0.5) is 16.2 Å². The number of anilines is 2. The zero-order valence-electron chi connectivity index (χ0n) is 17.8. The van der Waals surface area contributed by atoms with Crippen molar-refractivity contribution in [1.82, 2.24) is 5.32 Å². The molecular weight excluding hydrogens is 440 g/mol. The molecule has 1 aliphatic heterocycles. The Morgan fingerprint density at radius 3 is 2.27 bits per heavy atom. The van der Waals surface area contributed by atoms with Crippen molar-refractivity contribution in [3.05, 3.63) is 90.0 Å². The molecule has 0 aromatic heterocycles. The lowest BCUT2D eigenvalue weighted by Gasteiger charge is -2.24. The number of carbonyl (C=O) groups excluding carboxylic acids is 2. The molecule has 1 heterocycles. The minimum absolute atomic E-state index is 0.00924. The largest absolute Gasteiger partial charge is 0.334 e. The van der Waals surface area contributed by atoms with Gasteiger partial charge in [-0.05, 0) is 29.3 Å². The number of fused-ring (bicyclic) bond motifs is 1. The third-order valence-electron chi connectivity index (χ3n) is 5.30. The van der Waals surface area contributed by atoms with E-state index >= 15 is 0 Å². The highest BCUT2D eigenvalue weighted by Gasteiger charge is 2.36. The summed E-state index contributed by atoms with van der Waals surface area (Å²) in [7, 11) is -3.79. The SMILES string of the molecule is N[C@H]1CS(=O)(=O)c2ccc(NC(=O)NCc3ccccc3)cc2N(Cc2ccccc2)C1=O. The van der Waals surface area contributed by atoms with Crippen molar-refractivity contribution in [2.45, 2.75) is 24.0 Å². The van der Waals surface area contributed by atoms with Crippen LogP contribution in [0.5, 0.6) is 0 Å². The first-order valence-electron chi connectivity index (χ1n) is 10.4. The number of hydrogen-bond acceptors (Lipinski definition) is 5. The summed E-state index contributed by atoms with van der Waals surface area (Å²) in [5.74, 6) is -0.971. The molecule has 0 fully saturated rings. The molecule has 4 rings (SSSR count). The highest BCUT2D eigenvalue weighted by molar-refractivity contribution is 7.91. The summed E-state index contributed by atoms with van der Waals surface area (Å²) >= 11 is 0. The van der Waals surface area contributed by atoms with Gasteiger partial charge in [0, 0.05) is 12.2 Å². The van der Waals surface area contributed by atoms with Gasteiger partial charge in [-0.3, -0.25) is 4.79 Å². The first-order valence-corrected chi connectivity index (χ1v) is 12.1. The van der Waals surface area contributed by atoms with Crippen molar-refractivity contribution < 1.29 is 18.0 Å². The number of nitrogens with one attached hydrogen (secondary N) is 2. The Morgan fingerprint density at radius 2 is 1.61 bits per heavy atom. The molecule has 3 aromatic carbocycles. The second-order valence-electron chi connectivity index (χ2n) is 7.77. The molecule has 0 saturated carbocycles. The van der Waals surface area contributed by atoms with E-state index in [0.29, 0.717) is 12.2 Å². The molecule has 0 radical (unpaired) electrons. The Balaban J connectivity index is 1.62. The van der Waals surface area contributed by atoms with Gasteiger partial charge < -0.3 is 21.3 Å². The van der Waals surface area contributed by atoms with Crippen LogP contribution in [0.25, 0.3) is 0 Å². The summed E-state index contributed by atoms with van der Waals surface area (Å²) < 4.78 is 25.8. The molecular formula is C24H24N4O4S. The summed E-state index contributed by atoms with van der Waals surface area (Å²) in [6.07, 6.45) is 0. The number of carbonyl (C=O) groups is 2. The van der Waals surface area contributed by atoms with Crippen LogP contribution < -0.4 is 21.3 Å². The number of urea groups is 1. The van der Waals surface area contributed by atoms with E-state index < -0.39 is 33.6 Å². The fraction of sp³-hybridized carbons (Fsp3) is 0.167. The van der Waals surface area contributed by atoms with Crippen molar-refractivity contribution in [2.75, 3.05) is 16.0 Å². The Morgan fingerprint density at radius 1 is 0.970 bits per heavy atom. The Labute approximate surface area is 192 Å². The van der Waals surface area contributed by atoms with Crippen molar-refractivity contribution in [3.8, 4) is 0 Å². The molecule has 3 amide bonds. The predicted octanol–water partition coefficient (Wildman–Crippen LogP) is 2.66. The number of benzene rings is 3. The standard InChI is InChI=1S/C24H24N4O4S/c25-20-16-33(31,32)22-12-11-19(27-24(30)26-14-17-7-3-1-4-8-17)13-21(22)28(23(20)29)15-18-9-5-2-6-10-18/h1-13,20H,14-16,25H2,(H2,26,27,30)/t20-/m0/s1. The average molecular weight is 465 g/mol. The average Bonchev–Trinajstić information content (AvgIpc) is 2.87. The van der Waals surface area contributed by atoms with Gasteiger partial charge in [0.05, 0.1) is 28.9 Å². The van der Waals surface area contributed by atoms with E-state index in [1.165, 1.54) is 23.1 Å². The van der Waals surface area contributed by atoms with Gasteiger partial charge in [-0.15, -0.1) is 0 Å². The number of amides is 3. The van der Waals surface area contributed by atoms with Gasteiger partial charge in [0.1, 0.15) is 0 Å². The number of hydrogen-bond donors (Lipinski definition) is 3. The molecule has 170 valence electrons. The Bertz CT molecular complexity index is 1260. The first kappa shape index (κ1) is 22.5. The third kappa shape index (κ3) is 5.21. The van der Waals surface area contributed by atoms with Gasteiger partial charge in [0.25, 0.3) is 0 Å². The van der Waals surface area contributed by atoms with Crippen molar-refractivity contribution in [1.29, 1.82) is 0 Å². The van der Waals surface area contributed by atoms with Crippen LogP contribution in [0, 0.1) is 0 Å². The smallest absolute Gasteiger partial charge is 0.319 e. The number of nitrogens with two attached hydrogens (primary N) is 1. The molecule has 4 N–H and O–H groups in total. The second-order valence-corrected chi connectivity index (χ2v) is 9.78. The van der Waals surface area contributed by atoms with Crippen LogP contribution in [0.15, 0.2) is 83.8 Å². The van der Waals surface area contributed by atoms with Crippen molar-refractivity contribution in [2.24, 2.45) is 5.73 Å². The first-order chi connectivity index (χ1) is 15.8. The molecule has 0 spiro atoms. The van der Waals surface area contributed by atoms with Gasteiger partial charge in [-0.2, -0.15) is 0 Å². The maximum atomic E-state index is 13.0. The monoisotopic (exact) mass is 464 g/mol. The summed E-state index contributed by atoms with van der Waals surface area (Å²) in [5, 5.41) is 5.46. The van der Waals surface area contributed by atoms with Crippen LogP contribution in [0.3, 0.4) is 0 Å². The molecule has 33 heavy (non-hydrogen) atoms. The van der Waals surface area contributed by atoms with Crippen LogP contribution in [0.2, 0.25) is 0 Å². The topological polar surface area (TPSA) is 122 Å². The lowest BCUT2D eigenvalue weighted by atomic mass is 10.1. The maximum Gasteiger partial charge on any atom is 0.319 e. The maximum absolute atomic E-state index is 13.0. The molecule has 0 bridgehead atoms.